The van der Waals surface area contributed by atoms with Crippen LogP contribution in [0.15, 0.2) is 68.4 Å². The lowest BCUT2D eigenvalue weighted by atomic mass is 9.99. The van der Waals surface area contributed by atoms with Gasteiger partial charge >= 0.3 is 11.9 Å². The third-order valence-electron chi connectivity index (χ3n) is 5.96. The summed E-state index contributed by atoms with van der Waals surface area (Å²) in [5.41, 5.74) is 1.13. The van der Waals surface area contributed by atoms with Crippen molar-refractivity contribution in [3.05, 3.63) is 103 Å². The Kier molecular flexibility index (Phi) is 10.5. The number of aromatic amines is 2. The average Bonchev–Trinajstić information content (AvgIpc) is 2.95. The van der Waals surface area contributed by atoms with Crippen LogP contribution in [-0.2, 0) is 16.0 Å². The third kappa shape index (κ3) is 9.38. The van der Waals surface area contributed by atoms with Crippen molar-refractivity contribution in [2.45, 2.75) is 30.6 Å². The molecule has 0 spiro atoms. The number of aryl methyl sites for hydroxylation is 2. The lowest BCUT2D eigenvalue weighted by Gasteiger charge is -2.13. The van der Waals surface area contributed by atoms with E-state index in [1.165, 1.54) is 36.4 Å². The van der Waals surface area contributed by atoms with E-state index in [4.69, 9.17) is 0 Å². The van der Waals surface area contributed by atoms with Crippen molar-refractivity contribution in [1.29, 1.82) is 0 Å². The molecule has 2 heterocycles. The van der Waals surface area contributed by atoms with Gasteiger partial charge in [0.25, 0.3) is 11.1 Å². The van der Waals surface area contributed by atoms with Crippen molar-refractivity contribution in [2.75, 3.05) is 22.1 Å². The van der Waals surface area contributed by atoms with E-state index in [9.17, 15) is 39.0 Å². The maximum absolute atomic E-state index is 12.5. The SMILES string of the molecule is Cc1cc(=O)[nH]c(SCC(=O)Nc2ccc(Cc3ccc(NC(=O)CSc4nc(C)cc(=O)[nH]4)c(C(=O)O)c3)cc2C(=O)O)n1. The van der Waals surface area contributed by atoms with Crippen molar-refractivity contribution in [2.24, 2.45) is 0 Å². The van der Waals surface area contributed by atoms with Crippen LogP contribution < -0.4 is 21.8 Å². The van der Waals surface area contributed by atoms with Crippen molar-refractivity contribution >= 4 is 58.7 Å². The molecule has 2 aromatic carbocycles. The third-order valence-corrected chi connectivity index (χ3v) is 7.71. The van der Waals surface area contributed by atoms with Crippen LogP contribution in [0.5, 0.6) is 0 Å². The van der Waals surface area contributed by atoms with Crippen molar-refractivity contribution in [1.82, 2.24) is 19.9 Å². The molecule has 4 rings (SSSR count). The smallest absolute Gasteiger partial charge is 0.337 e. The summed E-state index contributed by atoms with van der Waals surface area (Å²) in [4.78, 5) is 85.5. The Morgan fingerprint density at radius 3 is 1.44 bits per heavy atom. The number of carboxylic acids is 2. The normalized spacial score (nSPS) is 10.7. The molecule has 14 nitrogen and oxygen atoms in total. The second kappa shape index (κ2) is 14.5. The van der Waals surface area contributed by atoms with Crippen molar-refractivity contribution < 1.29 is 29.4 Å². The number of carbonyl (C=O) groups excluding carboxylic acids is 2. The Morgan fingerprint density at radius 1 is 0.689 bits per heavy atom. The van der Waals surface area contributed by atoms with Crippen molar-refractivity contribution in [3.63, 3.8) is 0 Å². The molecule has 4 aromatic rings. The molecule has 6 N–H and O–H groups in total. The first-order valence-corrected chi connectivity index (χ1v) is 15.1. The van der Waals surface area contributed by atoms with Gasteiger partial charge in [-0.05, 0) is 55.7 Å². The van der Waals surface area contributed by atoms with Crippen LogP contribution in [0.25, 0.3) is 0 Å². The highest BCUT2D eigenvalue weighted by atomic mass is 32.2. The minimum absolute atomic E-state index is 0.0645. The van der Waals surface area contributed by atoms with Gasteiger partial charge in [-0.1, -0.05) is 35.7 Å². The maximum Gasteiger partial charge on any atom is 0.337 e. The van der Waals surface area contributed by atoms with Crippen LogP contribution in [0.2, 0.25) is 0 Å². The van der Waals surface area contributed by atoms with E-state index in [1.807, 2.05) is 0 Å². The number of carbonyl (C=O) groups is 4. The number of aromatic nitrogens is 4. The number of nitrogens with one attached hydrogen (secondary N) is 4. The zero-order chi connectivity index (χ0) is 32.7. The van der Waals surface area contributed by atoms with Gasteiger partial charge in [-0.15, -0.1) is 0 Å². The lowest BCUT2D eigenvalue weighted by Crippen LogP contribution is -2.18. The average molecular weight is 651 g/mol. The summed E-state index contributed by atoms with van der Waals surface area (Å²) in [5, 5.41) is 25.2. The molecule has 0 unspecified atom stereocenters. The van der Waals surface area contributed by atoms with Gasteiger partial charge in [0.2, 0.25) is 11.8 Å². The van der Waals surface area contributed by atoms with Crippen LogP contribution in [0.1, 0.15) is 43.2 Å². The molecule has 45 heavy (non-hydrogen) atoms. The summed E-state index contributed by atoms with van der Waals surface area (Å²) in [6.45, 7) is 3.29. The van der Waals surface area contributed by atoms with Gasteiger partial charge in [-0.25, -0.2) is 19.6 Å². The number of hydrogen-bond donors (Lipinski definition) is 6. The molecule has 0 aliphatic heterocycles. The monoisotopic (exact) mass is 650 g/mol. The predicted molar refractivity (Wildman–Crippen MR) is 168 cm³/mol. The summed E-state index contributed by atoms with van der Waals surface area (Å²) in [5.74, 6) is -3.84. The Morgan fingerprint density at radius 2 is 1.09 bits per heavy atom. The molecule has 0 atom stereocenters. The van der Waals surface area contributed by atoms with Crippen LogP contribution in [0, 0.1) is 13.8 Å². The van der Waals surface area contributed by atoms with E-state index < -0.39 is 23.8 Å². The minimum atomic E-state index is -1.28. The molecule has 0 saturated heterocycles. The lowest BCUT2D eigenvalue weighted by molar-refractivity contribution is -0.114. The summed E-state index contributed by atoms with van der Waals surface area (Å²) >= 11 is 1.98. The fraction of sp³-hybridized carbons (Fsp3) is 0.172. The number of benzene rings is 2. The van der Waals surface area contributed by atoms with Crippen LogP contribution in [0.4, 0.5) is 11.4 Å². The number of aromatic carboxylic acids is 2. The standard InChI is InChI=1S/C29H26N6O8S2/c1-14-7-22(36)34-28(30-14)44-12-24(38)32-20-5-3-16(10-18(20)26(40)41)9-17-4-6-21(19(11-17)27(42)43)33-25(39)13-45-29-31-15(2)8-23(37)35-29/h3-8,10-11H,9,12-13H2,1-2H3,(H,32,38)(H,33,39)(H,40,41)(H,42,43)(H,30,34,36)(H,31,35,37). The Labute approximate surface area is 263 Å². The second-order valence-corrected chi connectivity index (χ2v) is 11.5. The van der Waals surface area contributed by atoms with Gasteiger partial charge in [0, 0.05) is 23.5 Å². The highest BCUT2D eigenvalue weighted by Crippen LogP contribution is 2.24. The van der Waals surface area contributed by atoms with Crippen molar-refractivity contribution in [3.8, 4) is 0 Å². The number of hydrogen-bond acceptors (Lipinski definition) is 10. The highest BCUT2D eigenvalue weighted by molar-refractivity contribution is 8.00. The van der Waals surface area contributed by atoms with E-state index in [2.05, 4.69) is 30.6 Å². The zero-order valence-electron chi connectivity index (χ0n) is 23.8. The molecular formula is C29H26N6O8S2. The summed E-state index contributed by atoms with van der Waals surface area (Å²) in [7, 11) is 0. The first-order valence-electron chi connectivity index (χ1n) is 13.1. The minimum Gasteiger partial charge on any atom is -0.478 e. The van der Waals surface area contributed by atoms with Crippen LogP contribution >= 0.6 is 23.5 Å². The summed E-state index contributed by atoms with van der Waals surface area (Å²) in [6.07, 6.45) is 0.160. The number of carboxylic acid groups (broad SMARTS) is 2. The van der Waals surface area contributed by atoms with Gasteiger partial charge in [0.15, 0.2) is 10.3 Å². The van der Waals surface area contributed by atoms with Gasteiger partial charge in [-0.3, -0.25) is 19.2 Å². The second-order valence-electron chi connectivity index (χ2n) is 9.60. The van der Waals surface area contributed by atoms with Gasteiger partial charge in [-0.2, -0.15) is 0 Å². The molecule has 16 heteroatoms. The number of rotatable bonds is 12. The number of amides is 2. The summed E-state index contributed by atoms with van der Waals surface area (Å²) < 4.78 is 0. The molecule has 0 radical (unpaired) electrons. The molecule has 0 fully saturated rings. The molecule has 0 aliphatic rings. The zero-order valence-corrected chi connectivity index (χ0v) is 25.4. The Bertz CT molecular complexity index is 1790. The highest BCUT2D eigenvalue weighted by Gasteiger charge is 2.17. The molecule has 2 aromatic heterocycles. The predicted octanol–water partition coefficient (Wildman–Crippen LogP) is 2.92. The number of H-pyrrole nitrogens is 2. The molecule has 232 valence electrons. The first kappa shape index (κ1) is 32.7. The fourth-order valence-electron chi connectivity index (χ4n) is 4.09. The molecule has 0 saturated carbocycles. The van der Waals surface area contributed by atoms with E-state index in [1.54, 1.807) is 26.0 Å². The Balaban J connectivity index is 1.42. The van der Waals surface area contributed by atoms with E-state index >= 15 is 0 Å². The van der Waals surface area contributed by atoms with E-state index in [0.29, 0.717) is 22.5 Å². The van der Waals surface area contributed by atoms with Gasteiger partial charge in [0.05, 0.1) is 34.0 Å². The van der Waals surface area contributed by atoms with Crippen LogP contribution in [-0.4, -0.2) is 65.4 Å². The number of thioether (sulfide) groups is 2. The first-order chi connectivity index (χ1) is 21.4. The largest absolute Gasteiger partial charge is 0.478 e. The summed E-state index contributed by atoms with van der Waals surface area (Å²) in [6, 6.07) is 11.5. The topological polar surface area (TPSA) is 224 Å². The Hall–Kier alpha value is -5.22. The molecule has 2 amide bonds. The molecule has 0 bridgehead atoms. The van der Waals surface area contributed by atoms with Gasteiger partial charge in [0.1, 0.15) is 0 Å². The number of nitrogens with zero attached hydrogens (tertiary/aromatic N) is 2. The quantitative estimate of drug-likeness (QED) is 0.0962. The van der Waals surface area contributed by atoms with E-state index in [-0.39, 0.29) is 61.9 Å². The van der Waals surface area contributed by atoms with E-state index in [0.717, 1.165) is 23.5 Å². The maximum atomic E-state index is 12.5. The fourth-order valence-corrected chi connectivity index (χ4v) is 5.53. The number of anilines is 2. The molecule has 0 aliphatic carbocycles. The molecular weight excluding hydrogens is 624 g/mol. The van der Waals surface area contributed by atoms with Crippen LogP contribution in [0.3, 0.4) is 0 Å². The van der Waals surface area contributed by atoms with Gasteiger partial charge < -0.3 is 30.8 Å².